The molecule has 5 nitrogen and oxygen atoms in total. The van der Waals surface area contributed by atoms with E-state index in [1.54, 1.807) is 0 Å². The highest BCUT2D eigenvalue weighted by atomic mass is 16.2. The largest absolute Gasteiger partial charge is 0.339 e. The van der Waals surface area contributed by atoms with E-state index in [0.29, 0.717) is 39.1 Å². The van der Waals surface area contributed by atoms with Crippen LogP contribution in [0.2, 0.25) is 0 Å². The van der Waals surface area contributed by atoms with Gasteiger partial charge < -0.3 is 15.1 Å². The number of benzene rings is 1. The van der Waals surface area contributed by atoms with Crippen molar-refractivity contribution < 1.29 is 9.59 Å². The minimum atomic E-state index is 0.0602. The maximum atomic E-state index is 12.5. The maximum absolute atomic E-state index is 12.5. The number of carbonyl (C=O) groups excluding carboxylic acids is 2. The zero-order valence-corrected chi connectivity index (χ0v) is 13.5. The van der Waals surface area contributed by atoms with E-state index in [-0.39, 0.29) is 11.8 Å². The minimum Gasteiger partial charge on any atom is -0.339 e. The van der Waals surface area contributed by atoms with Crippen LogP contribution in [0.4, 0.5) is 0 Å². The Morgan fingerprint density at radius 1 is 1.05 bits per heavy atom. The van der Waals surface area contributed by atoms with Gasteiger partial charge in [0, 0.05) is 44.7 Å². The number of rotatable bonds is 5. The number of piperazine rings is 1. The Balaban J connectivity index is 1.87. The molecule has 1 aromatic rings. The second-order valence-electron chi connectivity index (χ2n) is 5.58. The third-order valence-corrected chi connectivity index (χ3v) is 4.12. The van der Waals surface area contributed by atoms with Gasteiger partial charge in [0.2, 0.25) is 5.91 Å². The van der Waals surface area contributed by atoms with Crippen LogP contribution in [0.5, 0.6) is 0 Å². The van der Waals surface area contributed by atoms with Crippen LogP contribution in [-0.2, 0) is 11.2 Å². The molecule has 2 amide bonds. The normalized spacial score (nSPS) is 15.0. The van der Waals surface area contributed by atoms with Crippen molar-refractivity contribution in [1.29, 1.82) is 0 Å². The van der Waals surface area contributed by atoms with Gasteiger partial charge in [-0.2, -0.15) is 0 Å². The summed E-state index contributed by atoms with van der Waals surface area (Å²) in [4.78, 5) is 28.1. The number of hydrogen-bond acceptors (Lipinski definition) is 3. The van der Waals surface area contributed by atoms with Gasteiger partial charge in [0.15, 0.2) is 0 Å². The molecule has 0 bridgehead atoms. The van der Waals surface area contributed by atoms with Crippen molar-refractivity contribution >= 4 is 11.8 Å². The molecule has 5 heteroatoms. The molecular formula is C17H25N3O2. The van der Waals surface area contributed by atoms with E-state index in [0.717, 1.165) is 12.0 Å². The van der Waals surface area contributed by atoms with Crippen LogP contribution in [0.25, 0.3) is 0 Å². The SMILES string of the molecule is CCc1ccc(C(=O)N2CCN(C(=O)CCNC)CC2)cc1. The summed E-state index contributed by atoms with van der Waals surface area (Å²) in [6, 6.07) is 7.80. The van der Waals surface area contributed by atoms with E-state index in [4.69, 9.17) is 0 Å². The summed E-state index contributed by atoms with van der Waals surface area (Å²) in [7, 11) is 1.84. The Hall–Kier alpha value is -1.88. The van der Waals surface area contributed by atoms with E-state index < -0.39 is 0 Å². The minimum absolute atomic E-state index is 0.0602. The number of amides is 2. The summed E-state index contributed by atoms with van der Waals surface area (Å²) in [6.07, 6.45) is 1.49. The fraction of sp³-hybridized carbons (Fsp3) is 0.529. The van der Waals surface area contributed by atoms with Crippen LogP contribution < -0.4 is 5.32 Å². The lowest BCUT2D eigenvalue weighted by molar-refractivity contribution is -0.132. The monoisotopic (exact) mass is 303 g/mol. The van der Waals surface area contributed by atoms with Gasteiger partial charge in [-0.25, -0.2) is 0 Å². The first kappa shape index (κ1) is 16.5. The van der Waals surface area contributed by atoms with E-state index in [1.165, 1.54) is 5.56 Å². The standard InChI is InChI=1S/C17H25N3O2/c1-3-14-4-6-15(7-5-14)17(22)20-12-10-19(11-13-20)16(21)8-9-18-2/h4-7,18H,3,8-13H2,1-2H3. The molecule has 1 saturated heterocycles. The summed E-state index contributed by atoms with van der Waals surface area (Å²) in [5, 5.41) is 2.98. The van der Waals surface area contributed by atoms with E-state index >= 15 is 0 Å². The Morgan fingerprint density at radius 3 is 2.18 bits per heavy atom. The highest BCUT2D eigenvalue weighted by molar-refractivity contribution is 5.94. The zero-order chi connectivity index (χ0) is 15.9. The molecule has 1 aromatic carbocycles. The number of nitrogens with zero attached hydrogens (tertiary/aromatic N) is 2. The second-order valence-corrected chi connectivity index (χ2v) is 5.58. The first-order chi connectivity index (χ1) is 10.7. The average molecular weight is 303 g/mol. The highest BCUT2D eigenvalue weighted by Gasteiger charge is 2.24. The third kappa shape index (κ3) is 4.07. The van der Waals surface area contributed by atoms with Crippen molar-refractivity contribution in [2.24, 2.45) is 0 Å². The molecule has 2 rings (SSSR count). The van der Waals surface area contributed by atoms with Crippen molar-refractivity contribution in [3.63, 3.8) is 0 Å². The van der Waals surface area contributed by atoms with Crippen molar-refractivity contribution in [2.75, 3.05) is 39.8 Å². The van der Waals surface area contributed by atoms with Crippen LogP contribution in [0.15, 0.2) is 24.3 Å². The van der Waals surface area contributed by atoms with E-state index in [9.17, 15) is 9.59 Å². The second kappa shape index (κ2) is 7.94. The number of aryl methyl sites for hydroxylation is 1. The van der Waals surface area contributed by atoms with Crippen LogP contribution in [0.3, 0.4) is 0 Å². The average Bonchev–Trinajstić information content (AvgIpc) is 2.59. The Morgan fingerprint density at radius 2 is 1.64 bits per heavy atom. The van der Waals surface area contributed by atoms with E-state index in [2.05, 4.69) is 12.2 Å². The first-order valence-electron chi connectivity index (χ1n) is 7.96. The fourth-order valence-corrected chi connectivity index (χ4v) is 2.61. The van der Waals surface area contributed by atoms with Crippen molar-refractivity contribution in [3.8, 4) is 0 Å². The van der Waals surface area contributed by atoms with Gasteiger partial charge in [-0.3, -0.25) is 9.59 Å². The van der Waals surface area contributed by atoms with Crippen molar-refractivity contribution in [3.05, 3.63) is 35.4 Å². The first-order valence-corrected chi connectivity index (χ1v) is 7.96. The summed E-state index contributed by atoms with van der Waals surface area (Å²) in [5.74, 6) is 0.221. The molecular weight excluding hydrogens is 278 g/mol. The molecule has 1 aliphatic heterocycles. The molecule has 0 unspecified atom stereocenters. The molecule has 0 spiro atoms. The van der Waals surface area contributed by atoms with Gasteiger partial charge in [0.1, 0.15) is 0 Å². The molecule has 0 saturated carbocycles. The lowest BCUT2D eigenvalue weighted by Gasteiger charge is -2.35. The smallest absolute Gasteiger partial charge is 0.253 e. The number of nitrogens with one attached hydrogen (secondary N) is 1. The Labute approximate surface area is 132 Å². The van der Waals surface area contributed by atoms with Crippen LogP contribution in [0.1, 0.15) is 29.3 Å². The van der Waals surface area contributed by atoms with Crippen molar-refractivity contribution in [2.45, 2.75) is 19.8 Å². The fourth-order valence-electron chi connectivity index (χ4n) is 2.61. The predicted molar refractivity (Wildman–Crippen MR) is 86.8 cm³/mol. The van der Waals surface area contributed by atoms with Gasteiger partial charge in [-0.05, 0) is 31.2 Å². The molecule has 1 N–H and O–H groups in total. The highest BCUT2D eigenvalue weighted by Crippen LogP contribution is 2.11. The van der Waals surface area contributed by atoms with Crippen LogP contribution >= 0.6 is 0 Å². The summed E-state index contributed by atoms with van der Waals surface area (Å²) in [6.45, 7) is 5.27. The van der Waals surface area contributed by atoms with Crippen molar-refractivity contribution in [1.82, 2.24) is 15.1 Å². The maximum Gasteiger partial charge on any atom is 0.253 e. The number of hydrogen-bond donors (Lipinski definition) is 1. The summed E-state index contributed by atoms with van der Waals surface area (Å²) in [5.41, 5.74) is 1.96. The van der Waals surface area contributed by atoms with E-state index in [1.807, 2.05) is 41.1 Å². The lowest BCUT2D eigenvalue weighted by Crippen LogP contribution is -2.50. The Bertz CT molecular complexity index is 505. The molecule has 0 aliphatic carbocycles. The van der Waals surface area contributed by atoms with Gasteiger partial charge in [0.25, 0.3) is 5.91 Å². The zero-order valence-electron chi connectivity index (χ0n) is 13.5. The molecule has 0 aromatic heterocycles. The van der Waals surface area contributed by atoms with Crippen LogP contribution in [0, 0.1) is 0 Å². The molecule has 1 aliphatic rings. The molecule has 1 fully saturated rings. The molecule has 0 radical (unpaired) electrons. The Kier molecular flexibility index (Phi) is 5.95. The van der Waals surface area contributed by atoms with Gasteiger partial charge in [-0.15, -0.1) is 0 Å². The molecule has 1 heterocycles. The van der Waals surface area contributed by atoms with Crippen LogP contribution in [-0.4, -0.2) is 61.4 Å². The lowest BCUT2D eigenvalue weighted by atomic mass is 10.1. The number of carbonyl (C=O) groups is 2. The summed E-state index contributed by atoms with van der Waals surface area (Å²) >= 11 is 0. The van der Waals surface area contributed by atoms with Gasteiger partial charge in [0.05, 0.1) is 0 Å². The predicted octanol–water partition coefficient (Wildman–Crippen LogP) is 1.14. The molecule has 22 heavy (non-hydrogen) atoms. The summed E-state index contributed by atoms with van der Waals surface area (Å²) < 4.78 is 0. The quantitative estimate of drug-likeness (QED) is 0.887. The van der Waals surface area contributed by atoms with Gasteiger partial charge in [-0.1, -0.05) is 19.1 Å². The molecule has 120 valence electrons. The topological polar surface area (TPSA) is 52.7 Å². The van der Waals surface area contributed by atoms with Gasteiger partial charge >= 0.3 is 0 Å². The molecule has 0 atom stereocenters. The third-order valence-electron chi connectivity index (χ3n) is 4.12.